The van der Waals surface area contributed by atoms with Crippen molar-refractivity contribution in [3.8, 4) is 0 Å². The fourth-order valence-electron chi connectivity index (χ4n) is 1.47. The van der Waals surface area contributed by atoms with Gasteiger partial charge < -0.3 is 0 Å². The molecule has 0 amide bonds. The van der Waals surface area contributed by atoms with Crippen molar-refractivity contribution in [2.24, 2.45) is 0 Å². The summed E-state index contributed by atoms with van der Waals surface area (Å²) in [4.78, 5) is 0. The van der Waals surface area contributed by atoms with E-state index in [4.69, 9.17) is 0 Å². The van der Waals surface area contributed by atoms with Crippen molar-refractivity contribution in [1.29, 1.82) is 0 Å². The summed E-state index contributed by atoms with van der Waals surface area (Å²) in [5.41, 5.74) is -3.39. The highest BCUT2D eigenvalue weighted by Gasteiger charge is 2.46. The average Bonchev–Trinajstić information content (AvgIpc) is 2.42. The summed E-state index contributed by atoms with van der Waals surface area (Å²) >= 11 is 0. The van der Waals surface area contributed by atoms with Crippen LogP contribution in [0.3, 0.4) is 0 Å². The van der Waals surface area contributed by atoms with Gasteiger partial charge in [0.2, 0.25) is 0 Å². The summed E-state index contributed by atoms with van der Waals surface area (Å²) in [6, 6.07) is 0. The molecular weight excluding hydrogens is 241 g/mol. The molecule has 1 aromatic rings. The molecule has 0 saturated carbocycles. The Hall–Kier alpha value is -1.53. The van der Waals surface area contributed by atoms with Gasteiger partial charge in [-0.1, -0.05) is 0 Å². The summed E-state index contributed by atoms with van der Waals surface area (Å²) in [5.74, 6) is -15.2. The van der Waals surface area contributed by atoms with Crippen LogP contribution in [0.15, 0.2) is 6.08 Å². The fourth-order valence-corrected chi connectivity index (χ4v) is 1.47. The van der Waals surface area contributed by atoms with Gasteiger partial charge in [0.15, 0.2) is 23.3 Å². The van der Waals surface area contributed by atoms with E-state index >= 15 is 0 Å². The molecule has 7 heteroatoms. The number of benzene rings is 1. The van der Waals surface area contributed by atoms with E-state index < -0.39 is 52.2 Å². The molecule has 0 aliphatic heterocycles. The van der Waals surface area contributed by atoms with Crippen molar-refractivity contribution in [3.05, 3.63) is 40.5 Å². The van der Waals surface area contributed by atoms with E-state index in [0.717, 1.165) is 0 Å². The summed E-state index contributed by atoms with van der Waals surface area (Å²) < 4.78 is 89.9. The molecule has 0 bridgehead atoms. The molecule has 16 heavy (non-hydrogen) atoms. The van der Waals surface area contributed by atoms with Gasteiger partial charge in [-0.25, -0.2) is 22.0 Å². The number of halogens is 7. The normalized spacial score (nSPS) is 17.3. The predicted molar refractivity (Wildman–Crippen MR) is 39.3 cm³/mol. The summed E-state index contributed by atoms with van der Waals surface area (Å²) in [7, 11) is 0. The monoisotopic (exact) mass is 242 g/mol. The Morgan fingerprint density at radius 3 is 1.81 bits per heavy atom. The van der Waals surface area contributed by atoms with Crippen LogP contribution in [-0.4, -0.2) is 0 Å². The second kappa shape index (κ2) is 2.99. The highest BCUT2D eigenvalue weighted by molar-refractivity contribution is 5.71. The molecule has 0 aromatic heterocycles. The van der Waals surface area contributed by atoms with Gasteiger partial charge in [0.05, 0.1) is 11.1 Å². The van der Waals surface area contributed by atoms with Crippen LogP contribution in [0.5, 0.6) is 0 Å². The standard InChI is InChI=1S/C9HF7/c10-2-1-9(15,16)4-3(2)5(11)7(13)8(14)6(4)12/h1H. The SMILES string of the molecule is FC1=CC(F)(F)c2c(F)c(F)c(F)c(F)c21. The molecule has 0 unspecified atom stereocenters. The number of hydrogen-bond acceptors (Lipinski definition) is 0. The summed E-state index contributed by atoms with van der Waals surface area (Å²) in [6.07, 6.45) is -0.400. The van der Waals surface area contributed by atoms with Gasteiger partial charge in [0, 0.05) is 6.08 Å². The van der Waals surface area contributed by atoms with Crippen molar-refractivity contribution in [2.45, 2.75) is 5.92 Å². The van der Waals surface area contributed by atoms with E-state index in [2.05, 4.69) is 0 Å². The third kappa shape index (κ3) is 1.17. The first-order valence-corrected chi connectivity index (χ1v) is 3.90. The molecule has 1 aliphatic rings. The number of allylic oxidation sites excluding steroid dienone is 1. The van der Waals surface area contributed by atoms with Crippen LogP contribution in [0.1, 0.15) is 11.1 Å². The van der Waals surface area contributed by atoms with E-state index in [-0.39, 0.29) is 0 Å². The van der Waals surface area contributed by atoms with E-state index in [0.29, 0.717) is 0 Å². The lowest BCUT2D eigenvalue weighted by Gasteiger charge is -2.11. The Kier molecular flexibility index (Phi) is 2.05. The summed E-state index contributed by atoms with van der Waals surface area (Å²) in [6.45, 7) is 0. The van der Waals surface area contributed by atoms with Crippen molar-refractivity contribution in [3.63, 3.8) is 0 Å². The molecule has 2 rings (SSSR count). The molecule has 0 nitrogen and oxygen atoms in total. The van der Waals surface area contributed by atoms with E-state index in [1.54, 1.807) is 0 Å². The van der Waals surface area contributed by atoms with Crippen molar-refractivity contribution in [1.82, 2.24) is 0 Å². The Labute approximate surface area is 84.0 Å². The lowest BCUT2D eigenvalue weighted by atomic mass is 10.1. The molecule has 1 aliphatic carbocycles. The van der Waals surface area contributed by atoms with E-state index in [9.17, 15) is 30.7 Å². The van der Waals surface area contributed by atoms with Crippen LogP contribution in [-0.2, 0) is 5.92 Å². The lowest BCUT2D eigenvalue weighted by Crippen LogP contribution is -2.14. The zero-order valence-corrected chi connectivity index (χ0v) is 7.22. The van der Waals surface area contributed by atoms with Gasteiger partial charge in [0.1, 0.15) is 5.83 Å². The highest BCUT2D eigenvalue weighted by Crippen LogP contribution is 2.47. The average molecular weight is 242 g/mol. The zero-order chi connectivity index (χ0) is 12.2. The smallest absolute Gasteiger partial charge is 0.206 e. The third-order valence-corrected chi connectivity index (χ3v) is 2.15. The van der Waals surface area contributed by atoms with Gasteiger partial charge in [-0.3, -0.25) is 0 Å². The number of alkyl halides is 2. The van der Waals surface area contributed by atoms with Gasteiger partial charge in [-0.15, -0.1) is 0 Å². The van der Waals surface area contributed by atoms with Crippen LogP contribution < -0.4 is 0 Å². The first-order valence-electron chi connectivity index (χ1n) is 3.90. The Morgan fingerprint density at radius 1 is 0.750 bits per heavy atom. The minimum atomic E-state index is -4.20. The zero-order valence-electron chi connectivity index (χ0n) is 7.22. The maximum atomic E-state index is 13.0. The number of fused-ring (bicyclic) bond motifs is 1. The number of hydrogen-bond donors (Lipinski definition) is 0. The van der Waals surface area contributed by atoms with Gasteiger partial charge >= 0.3 is 0 Å². The Morgan fingerprint density at radius 2 is 1.25 bits per heavy atom. The molecule has 0 saturated heterocycles. The highest BCUT2D eigenvalue weighted by atomic mass is 19.3. The Balaban J connectivity index is 2.92. The molecule has 1 aromatic carbocycles. The van der Waals surface area contributed by atoms with Crippen molar-refractivity contribution in [2.75, 3.05) is 0 Å². The van der Waals surface area contributed by atoms with E-state index in [1.165, 1.54) is 0 Å². The van der Waals surface area contributed by atoms with Gasteiger partial charge in [-0.05, 0) is 0 Å². The largest absolute Gasteiger partial charge is 0.298 e. The molecule has 0 heterocycles. The Bertz CT molecular complexity index is 515. The molecule has 86 valence electrons. The minimum Gasteiger partial charge on any atom is -0.206 e. The van der Waals surface area contributed by atoms with Crippen LogP contribution in [0.25, 0.3) is 5.83 Å². The minimum absolute atomic E-state index is 0.400. The van der Waals surface area contributed by atoms with Crippen molar-refractivity contribution < 1.29 is 30.7 Å². The molecular formula is C9HF7. The molecule has 0 N–H and O–H groups in total. The van der Waals surface area contributed by atoms with Crippen LogP contribution in [0, 0.1) is 23.3 Å². The maximum Gasteiger partial charge on any atom is 0.298 e. The maximum absolute atomic E-state index is 13.0. The van der Waals surface area contributed by atoms with Crippen LogP contribution >= 0.6 is 0 Å². The first kappa shape index (κ1) is 11.0. The second-order valence-electron chi connectivity index (χ2n) is 3.12. The quantitative estimate of drug-likeness (QED) is 0.370. The third-order valence-electron chi connectivity index (χ3n) is 2.15. The van der Waals surface area contributed by atoms with Gasteiger partial charge in [0.25, 0.3) is 5.92 Å². The van der Waals surface area contributed by atoms with Crippen molar-refractivity contribution >= 4 is 5.83 Å². The second-order valence-corrected chi connectivity index (χ2v) is 3.12. The lowest BCUT2D eigenvalue weighted by molar-refractivity contribution is 0.0501. The van der Waals surface area contributed by atoms with Gasteiger partial charge in [-0.2, -0.15) is 8.78 Å². The fraction of sp³-hybridized carbons (Fsp3) is 0.111. The number of rotatable bonds is 0. The molecule has 0 radical (unpaired) electrons. The summed E-state index contributed by atoms with van der Waals surface area (Å²) in [5, 5.41) is 0. The first-order chi connectivity index (χ1) is 7.27. The van der Waals surface area contributed by atoms with Crippen LogP contribution in [0.4, 0.5) is 30.7 Å². The van der Waals surface area contributed by atoms with E-state index in [1.807, 2.05) is 0 Å². The molecule has 0 spiro atoms. The topological polar surface area (TPSA) is 0 Å². The predicted octanol–water partition coefficient (Wildman–Crippen LogP) is 3.66. The van der Waals surface area contributed by atoms with Crippen LogP contribution in [0.2, 0.25) is 0 Å². The molecule has 0 atom stereocenters. The molecule has 0 fully saturated rings.